The van der Waals surface area contributed by atoms with Crippen LogP contribution < -0.4 is 4.74 Å². The molecule has 2 aromatic carbocycles. The fraction of sp³-hybridized carbons (Fsp3) is 0.321. The molecule has 1 N–H and O–H groups in total. The molecule has 8 heteroatoms. The molecule has 0 aliphatic carbocycles. The van der Waals surface area contributed by atoms with Crippen molar-refractivity contribution in [1.29, 1.82) is 0 Å². The van der Waals surface area contributed by atoms with Gasteiger partial charge in [0.05, 0.1) is 32.3 Å². The summed E-state index contributed by atoms with van der Waals surface area (Å²) in [4.78, 5) is 31.3. The summed E-state index contributed by atoms with van der Waals surface area (Å²) in [5.74, 6) is -0.217. The van der Waals surface area contributed by atoms with E-state index in [1.165, 1.54) is 13.3 Å². The first-order valence-electron chi connectivity index (χ1n) is 11.9. The van der Waals surface area contributed by atoms with Crippen LogP contribution in [0.3, 0.4) is 0 Å². The zero-order valence-corrected chi connectivity index (χ0v) is 20.4. The minimum Gasteiger partial charge on any atom is -0.481 e. The maximum absolute atomic E-state index is 13.4. The van der Waals surface area contributed by atoms with Crippen molar-refractivity contribution in [2.24, 2.45) is 0 Å². The second-order valence-corrected chi connectivity index (χ2v) is 8.65. The van der Waals surface area contributed by atoms with Crippen LogP contribution >= 0.6 is 0 Å². The summed E-state index contributed by atoms with van der Waals surface area (Å²) < 4.78 is 16.6. The predicted molar refractivity (Wildman–Crippen MR) is 132 cm³/mol. The number of nitrogens with zero attached hydrogens (tertiary/aromatic N) is 2. The van der Waals surface area contributed by atoms with Gasteiger partial charge < -0.3 is 19.3 Å². The highest BCUT2D eigenvalue weighted by Gasteiger charge is 2.43. The third-order valence-electron chi connectivity index (χ3n) is 6.42. The summed E-state index contributed by atoms with van der Waals surface area (Å²) >= 11 is 0. The van der Waals surface area contributed by atoms with E-state index >= 15 is 0 Å². The highest BCUT2D eigenvalue weighted by Crippen LogP contribution is 2.37. The van der Waals surface area contributed by atoms with Gasteiger partial charge in [-0.1, -0.05) is 67.6 Å². The van der Waals surface area contributed by atoms with Gasteiger partial charge in [-0.05, 0) is 29.2 Å². The van der Waals surface area contributed by atoms with E-state index in [1.807, 2.05) is 60.7 Å². The van der Waals surface area contributed by atoms with E-state index in [2.05, 4.69) is 4.98 Å². The smallest absolute Gasteiger partial charge is 0.417 e. The first-order chi connectivity index (χ1) is 17.5. The maximum Gasteiger partial charge on any atom is 0.417 e. The van der Waals surface area contributed by atoms with Crippen LogP contribution in [0.4, 0.5) is 4.79 Å². The van der Waals surface area contributed by atoms with Gasteiger partial charge in [0, 0.05) is 11.8 Å². The molecule has 0 unspecified atom stereocenters. The van der Waals surface area contributed by atoms with Gasteiger partial charge in [-0.3, -0.25) is 4.79 Å². The Labute approximate surface area is 210 Å². The number of imide groups is 1. The normalized spacial score (nSPS) is 16.9. The van der Waals surface area contributed by atoms with Gasteiger partial charge in [0.2, 0.25) is 11.8 Å². The van der Waals surface area contributed by atoms with Crippen LogP contribution in [0.15, 0.2) is 72.9 Å². The number of cyclic esters (lactones) is 1. The Morgan fingerprint density at radius 1 is 1.11 bits per heavy atom. The van der Waals surface area contributed by atoms with Crippen molar-refractivity contribution in [3.63, 3.8) is 0 Å². The van der Waals surface area contributed by atoms with Crippen molar-refractivity contribution in [2.45, 2.75) is 44.6 Å². The van der Waals surface area contributed by atoms with Crippen molar-refractivity contribution >= 4 is 12.0 Å². The molecule has 1 aliphatic rings. The average molecular weight is 491 g/mol. The van der Waals surface area contributed by atoms with Crippen LogP contribution in [-0.4, -0.2) is 40.7 Å². The molecule has 1 fully saturated rings. The number of ether oxygens (including phenoxy) is 3. The number of benzene rings is 2. The molecule has 1 aromatic heterocycles. The molecule has 8 nitrogen and oxygen atoms in total. The van der Waals surface area contributed by atoms with Gasteiger partial charge >= 0.3 is 6.09 Å². The molecule has 0 spiro atoms. The highest BCUT2D eigenvalue weighted by molar-refractivity contribution is 5.94. The molecule has 188 valence electrons. The fourth-order valence-electron chi connectivity index (χ4n) is 4.43. The molecule has 0 radical (unpaired) electrons. The first-order valence-corrected chi connectivity index (χ1v) is 11.9. The van der Waals surface area contributed by atoms with E-state index in [-0.39, 0.29) is 26.1 Å². The van der Waals surface area contributed by atoms with E-state index in [4.69, 9.17) is 14.2 Å². The Morgan fingerprint density at radius 3 is 2.47 bits per heavy atom. The number of amides is 2. The molecular formula is C28H30N2O6. The SMILES string of the molecule is CC[C@@](O)(CC(=O)N1C(=O)OC[C@H]1c1ccccc1)c1ccnc(OC)c1COCc1ccccc1. The predicted octanol–water partition coefficient (Wildman–Crippen LogP) is 4.51. The fourth-order valence-corrected chi connectivity index (χ4v) is 4.43. The van der Waals surface area contributed by atoms with E-state index in [0.29, 0.717) is 23.6 Å². The van der Waals surface area contributed by atoms with E-state index in [0.717, 1.165) is 16.0 Å². The minimum absolute atomic E-state index is 0.0702. The third-order valence-corrected chi connectivity index (χ3v) is 6.42. The highest BCUT2D eigenvalue weighted by atomic mass is 16.6. The Bertz CT molecular complexity index is 1190. The molecule has 1 saturated heterocycles. The largest absolute Gasteiger partial charge is 0.481 e. The van der Waals surface area contributed by atoms with Crippen LogP contribution in [0.1, 0.15) is 48.1 Å². The van der Waals surface area contributed by atoms with Crippen LogP contribution in [0.5, 0.6) is 5.88 Å². The summed E-state index contributed by atoms with van der Waals surface area (Å²) in [5, 5.41) is 11.7. The van der Waals surface area contributed by atoms with Crippen molar-refractivity contribution in [3.05, 3.63) is 95.2 Å². The number of aliphatic hydroxyl groups is 1. The Kier molecular flexibility index (Phi) is 7.97. The molecule has 4 rings (SSSR count). The molecule has 2 atom stereocenters. The summed E-state index contributed by atoms with van der Waals surface area (Å²) in [5.41, 5.74) is 1.24. The molecular weight excluding hydrogens is 460 g/mol. The third kappa shape index (κ3) is 5.40. The second kappa shape index (κ2) is 11.3. The Balaban J connectivity index is 1.58. The Morgan fingerprint density at radius 2 is 1.81 bits per heavy atom. The molecule has 2 amide bonds. The van der Waals surface area contributed by atoms with Gasteiger partial charge in [-0.25, -0.2) is 14.7 Å². The maximum atomic E-state index is 13.4. The molecule has 1 aliphatic heterocycles. The lowest BCUT2D eigenvalue weighted by atomic mass is 9.85. The van der Waals surface area contributed by atoms with Gasteiger partial charge in [-0.15, -0.1) is 0 Å². The molecule has 0 saturated carbocycles. The number of rotatable bonds is 10. The molecule has 36 heavy (non-hydrogen) atoms. The lowest BCUT2D eigenvalue weighted by molar-refractivity contribution is -0.135. The monoisotopic (exact) mass is 490 g/mol. The van der Waals surface area contributed by atoms with Crippen molar-refractivity contribution < 1.29 is 28.9 Å². The number of hydrogen-bond acceptors (Lipinski definition) is 7. The number of methoxy groups -OCH3 is 1. The zero-order valence-electron chi connectivity index (χ0n) is 20.4. The average Bonchev–Trinajstić information content (AvgIpc) is 3.31. The number of aromatic nitrogens is 1. The Hall–Kier alpha value is -3.75. The van der Waals surface area contributed by atoms with Crippen molar-refractivity contribution in [3.8, 4) is 5.88 Å². The molecule has 2 heterocycles. The van der Waals surface area contributed by atoms with Crippen molar-refractivity contribution in [2.75, 3.05) is 13.7 Å². The lowest BCUT2D eigenvalue weighted by Crippen LogP contribution is -2.40. The molecule has 3 aromatic rings. The van der Waals surface area contributed by atoms with E-state index < -0.39 is 23.6 Å². The number of carbonyl (C=O) groups excluding carboxylic acids is 2. The number of carbonyl (C=O) groups is 2. The van der Waals surface area contributed by atoms with Gasteiger partial charge in [0.1, 0.15) is 12.6 Å². The van der Waals surface area contributed by atoms with E-state index in [1.54, 1.807) is 13.0 Å². The van der Waals surface area contributed by atoms with Crippen LogP contribution in [0.25, 0.3) is 0 Å². The van der Waals surface area contributed by atoms with E-state index in [9.17, 15) is 14.7 Å². The standard InChI is InChI=1S/C28H30N2O6/c1-3-28(33,16-25(31)30-24(19-36-27(30)32)21-12-8-5-9-13-21)23-14-15-29-26(34-2)22(23)18-35-17-20-10-6-4-7-11-20/h4-15,24,33H,3,16-19H2,1-2H3/t24-,28+/m0/s1. The van der Waals surface area contributed by atoms with Gasteiger partial charge in [0.25, 0.3) is 0 Å². The zero-order chi connectivity index (χ0) is 25.5. The van der Waals surface area contributed by atoms with Crippen molar-refractivity contribution in [1.82, 2.24) is 9.88 Å². The summed E-state index contributed by atoms with van der Waals surface area (Å²) in [6, 6.07) is 20.1. The van der Waals surface area contributed by atoms with Crippen LogP contribution in [-0.2, 0) is 33.1 Å². The summed E-state index contributed by atoms with van der Waals surface area (Å²) in [6.07, 6.45) is 0.708. The van der Waals surface area contributed by atoms with Crippen LogP contribution in [0.2, 0.25) is 0 Å². The lowest BCUT2D eigenvalue weighted by Gasteiger charge is -2.31. The summed E-state index contributed by atoms with van der Waals surface area (Å²) in [6.45, 7) is 2.34. The number of hydrogen-bond donors (Lipinski definition) is 1. The van der Waals surface area contributed by atoms with Crippen LogP contribution in [0, 0.1) is 0 Å². The summed E-state index contributed by atoms with van der Waals surface area (Å²) in [7, 11) is 1.49. The second-order valence-electron chi connectivity index (χ2n) is 8.65. The van der Waals surface area contributed by atoms with Gasteiger partial charge in [0.15, 0.2) is 0 Å². The minimum atomic E-state index is -1.58. The first kappa shape index (κ1) is 25.3. The topological polar surface area (TPSA) is 98.2 Å². The quantitative estimate of drug-likeness (QED) is 0.446. The van der Waals surface area contributed by atoms with Gasteiger partial charge in [-0.2, -0.15) is 0 Å². The number of pyridine rings is 1. The molecule has 0 bridgehead atoms.